The summed E-state index contributed by atoms with van der Waals surface area (Å²) in [6.45, 7) is 4.35. The van der Waals surface area contributed by atoms with Crippen LogP contribution in [-0.2, 0) is 11.2 Å². The van der Waals surface area contributed by atoms with E-state index >= 15 is 4.39 Å². The largest absolute Gasteiger partial charge is 0.395 e. The van der Waals surface area contributed by atoms with E-state index in [1.165, 1.54) is 6.07 Å². The van der Waals surface area contributed by atoms with Crippen molar-refractivity contribution in [2.24, 2.45) is 11.7 Å². The number of aliphatic hydroxyl groups excluding tert-OH is 1. The van der Waals surface area contributed by atoms with E-state index in [9.17, 15) is 9.90 Å². The SMILES string of the molecule is CC(C)CN1[C@@H](CO)[C@@H](N)[C@H](c2cccc(Cl)c2F)[C@@]12Cc1ccc(Cl)cc1NC2=O. The Hall–Kier alpha value is -1.70. The molecule has 2 aromatic rings. The highest BCUT2D eigenvalue weighted by atomic mass is 35.5. The van der Waals surface area contributed by atoms with Crippen molar-refractivity contribution in [2.45, 2.75) is 43.8 Å². The first-order valence-corrected chi connectivity index (χ1v) is 11.1. The molecule has 4 rings (SSSR count). The monoisotopic (exact) mass is 465 g/mol. The van der Waals surface area contributed by atoms with Crippen molar-refractivity contribution in [2.75, 3.05) is 18.5 Å². The first-order valence-electron chi connectivity index (χ1n) is 10.4. The van der Waals surface area contributed by atoms with Crippen LogP contribution in [0.5, 0.6) is 0 Å². The van der Waals surface area contributed by atoms with Gasteiger partial charge >= 0.3 is 0 Å². The molecular weight excluding hydrogens is 440 g/mol. The van der Waals surface area contributed by atoms with Gasteiger partial charge in [-0.05, 0) is 35.2 Å². The van der Waals surface area contributed by atoms with Gasteiger partial charge in [0.1, 0.15) is 11.4 Å². The number of benzene rings is 2. The summed E-state index contributed by atoms with van der Waals surface area (Å²) < 4.78 is 15.2. The molecule has 0 unspecified atom stereocenters. The number of carbonyl (C=O) groups is 1. The second-order valence-electron chi connectivity index (χ2n) is 8.85. The van der Waals surface area contributed by atoms with E-state index in [1.54, 1.807) is 24.3 Å². The number of halogens is 3. The second kappa shape index (κ2) is 8.34. The fourth-order valence-electron chi connectivity index (χ4n) is 5.26. The van der Waals surface area contributed by atoms with E-state index in [4.69, 9.17) is 28.9 Å². The molecule has 0 aromatic heterocycles. The highest BCUT2D eigenvalue weighted by Crippen LogP contribution is 2.51. The topological polar surface area (TPSA) is 78.6 Å². The van der Waals surface area contributed by atoms with Crippen molar-refractivity contribution < 1.29 is 14.3 Å². The smallest absolute Gasteiger partial charge is 0.245 e. The molecule has 0 aliphatic carbocycles. The van der Waals surface area contributed by atoms with E-state index < -0.39 is 29.4 Å². The number of amides is 1. The average molecular weight is 466 g/mol. The summed E-state index contributed by atoms with van der Waals surface area (Å²) in [6.07, 6.45) is 0.318. The minimum absolute atomic E-state index is 0.0221. The molecule has 1 saturated heterocycles. The fraction of sp³-hybridized carbons (Fsp3) is 0.435. The number of nitrogens with one attached hydrogen (secondary N) is 1. The summed E-state index contributed by atoms with van der Waals surface area (Å²) >= 11 is 12.2. The van der Waals surface area contributed by atoms with Crippen LogP contribution in [0.3, 0.4) is 0 Å². The summed E-state index contributed by atoms with van der Waals surface area (Å²) in [6, 6.07) is 8.94. The molecule has 2 aliphatic rings. The van der Waals surface area contributed by atoms with Crippen LogP contribution in [0.2, 0.25) is 10.0 Å². The van der Waals surface area contributed by atoms with Crippen molar-refractivity contribution in [3.63, 3.8) is 0 Å². The minimum Gasteiger partial charge on any atom is -0.395 e. The molecule has 1 spiro atoms. The summed E-state index contributed by atoms with van der Waals surface area (Å²) in [5.74, 6) is -1.37. The molecule has 5 nitrogen and oxygen atoms in total. The Morgan fingerprint density at radius 1 is 1.32 bits per heavy atom. The number of fused-ring (bicyclic) bond motifs is 1. The van der Waals surface area contributed by atoms with Crippen molar-refractivity contribution >= 4 is 34.8 Å². The van der Waals surface area contributed by atoms with E-state index in [0.717, 1.165) is 5.56 Å². The van der Waals surface area contributed by atoms with Crippen molar-refractivity contribution in [3.8, 4) is 0 Å². The molecule has 4 N–H and O–H groups in total. The van der Waals surface area contributed by atoms with Gasteiger partial charge in [-0.1, -0.05) is 55.2 Å². The minimum atomic E-state index is -1.18. The molecule has 4 atom stereocenters. The van der Waals surface area contributed by atoms with Crippen LogP contribution in [0.25, 0.3) is 0 Å². The second-order valence-corrected chi connectivity index (χ2v) is 9.69. The van der Waals surface area contributed by atoms with Gasteiger partial charge in [0.15, 0.2) is 0 Å². The summed E-state index contributed by atoms with van der Waals surface area (Å²) in [4.78, 5) is 15.8. The van der Waals surface area contributed by atoms with E-state index in [0.29, 0.717) is 23.7 Å². The number of aliphatic hydroxyl groups is 1. The van der Waals surface area contributed by atoms with Crippen LogP contribution < -0.4 is 11.1 Å². The Balaban J connectivity index is 1.95. The fourth-order valence-corrected chi connectivity index (χ4v) is 5.62. The van der Waals surface area contributed by atoms with Gasteiger partial charge in [-0.25, -0.2) is 4.39 Å². The Kier molecular flexibility index (Phi) is 6.05. The van der Waals surface area contributed by atoms with Gasteiger partial charge in [0.25, 0.3) is 0 Å². The molecule has 1 fully saturated rings. The molecule has 8 heteroatoms. The third-order valence-corrected chi connectivity index (χ3v) is 7.02. The Morgan fingerprint density at radius 2 is 2.06 bits per heavy atom. The number of nitrogens with zero attached hydrogens (tertiary/aromatic N) is 1. The maximum Gasteiger partial charge on any atom is 0.245 e. The Labute approximate surface area is 191 Å². The van der Waals surface area contributed by atoms with Crippen LogP contribution in [0.1, 0.15) is 30.9 Å². The number of nitrogens with two attached hydrogens (primary N) is 1. The van der Waals surface area contributed by atoms with Crippen LogP contribution in [0, 0.1) is 11.7 Å². The van der Waals surface area contributed by atoms with Gasteiger partial charge in [-0.15, -0.1) is 0 Å². The van der Waals surface area contributed by atoms with Crippen LogP contribution in [0.15, 0.2) is 36.4 Å². The van der Waals surface area contributed by atoms with Crippen molar-refractivity contribution in [3.05, 3.63) is 63.4 Å². The zero-order chi connectivity index (χ0) is 22.5. The van der Waals surface area contributed by atoms with Gasteiger partial charge in [0.2, 0.25) is 5.91 Å². The van der Waals surface area contributed by atoms with E-state index in [-0.39, 0.29) is 29.0 Å². The molecule has 0 saturated carbocycles. The third kappa shape index (κ3) is 3.55. The van der Waals surface area contributed by atoms with Gasteiger partial charge in [-0.3, -0.25) is 9.69 Å². The normalized spacial score (nSPS) is 28.3. The zero-order valence-corrected chi connectivity index (χ0v) is 18.9. The van der Waals surface area contributed by atoms with Gasteiger partial charge in [0.05, 0.1) is 11.6 Å². The number of carbonyl (C=O) groups excluding carboxylic acids is 1. The lowest BCUT2D eigenvalue weighted by Crippen LogP contribution is -2.62. The highest BCUT2D eigenvalue weighted by Gasteiger charge is 2.63. The highest BCUT2D eigenvalue weighted by molar-refractivity contribution is 6.31. The lowest BCUT2D eigenvalue weighted by molar-refractivity contribution is -0.129. The molecule has 1 amide bonds. The molecule has 2 heterocycles. The maximum atomic E-state index is 15.2. The maximum absolute atomic E-state index is 15.2. The lowest BCUT2D eigenvalue weighted by atomic mass is 9.71. The van der Waals surface area contributed by atoms with Gasteiger partial charge in [0, 0.05) is 41.7 Å². The molecule has 0 radical (unpaired) electrons. The number of hydrogen-bond acceptors (Lipinski definition) is 4. The molecule has 166 valence electrons. The van der Waals surface area contributed by atoms with Crippen LogP contribution in [-0.4, -0.2) is 46.7 Å². The molecule has 2 aromatic carbocycles. The zero-order valence-electron chi connectivity index (χ0n) is 17.4. The number of rotatable bonds is 4. The summed E-state index contributed by atoms with van der Waals surface area (Å²) in [7, 11) is 0. The quantitative estimate of drug-likeness (QED) is 0.641. The Bertz CT molecular complexity index is 1020. The molecule has 0 bridgehead atoms. The third-order valence-electron chi connectivity index (χ3n) is 6.50. The molecular formula is C23H26Cl2FN3O2. The van der Waals surface area contributed by atoms with Crippen molar-refractivity contribution in [1.82, 2.24) is 4.90 Å². The van der Waals surface area contributed by atoms with Crippen molar-refractivity contribution in [1.29, 1.82) is 0 Å². The van der Waals surface area contributed by atoms with Crippen LogP contribution >= 0.6 is 23.2 Å². The predicted molar refractivity (Wildman–Crippen MR) is 121 cm³/mol. The average Bonchev–Trinajstić information content (AvgIpc) is 2.93. The summed E-state index contributed by atoms with van der Waals surface area (Å²) in [5.41, 5.74) is 7.29. The number of anilines is 1. The van der Waals surface area contributed by atoms with Gasteiger partial charge in [-0.2, -0.15) is 0 Å². The number of likely N-dealkylation sites (tertiary alicyclic amines) is 1. The standard InChI is InChI=1S/C23H26Cl2FN3O2/c1-12(2)10-29-18(11-30)21(27)19(15-4-3-5-16(25)20(15)26)23(29)9-13-6-7-14(24)8-17(13)28-22(23)31/h3-8,12,18-19,21,30H,9-11,27H2,1-2H3,(H,28,31)/t18-,19-,21+,23+/m0/s1. The molecule has 31 heavy (non-hydrogen) atoms. The van der Waals surface area contributed by atoms with Crippen LogP contribution in [0.4, 0.5) is 10.1 Å². The van der Waals surface area contributed by atoms with E-state index in [2.05, 4.69) is 5.32 Å². The molecule has 2 aliphatic heterocycles. The van der Waals surface area contributed by atoms with E-state index in [1.807, 2.05) is 24.8 Å². The first-order chi connectivity index (χ1) is 14.7. The lowest BCUT2D eigenvalue weighted by Gasteiger charge is -2.46. The summed E-state index contributed by atoms with van der Waals surface area (Å²) in [5, 5.41) is 13.7. The van der Waals surface area contributed by atoms with Gasteiger partial charge < -0.3 is 16.2 Å². The predicted octanol–water partition coefficient (Wildman–Crippen LogP) is 3.81. The first kappa shape index (κ1) is 22.5. The number of hydrogen-bond donors (Lipinski definition) is 3. The Morgan fingerprint density at radius 3 is 2.74 bits per heavy atom.